The molecule has 5 N–H and O–H groups in total. The number of aldehydes is 1. The fraction of sp³-hybridized carbons (Fsp3) is 0.452. The number of nitrogens with one attached hydrogen (secondary N) is 3. The van der Waals surface area contributed by atoms with Crippen LogP contribution in [0.3, 0.4) is 0 Å². The zero-order valence-electron chi connectivity index (χ0n) is 26.6. The summed E-state index contributed by atoms with van der Waals surface area (Å²) in [6, 6.07) is 8.07. The van der Waals surface area contributed by atoms with E-state index in [1.54, 1.807) is 25.1 Å². The van der Waals surface area contributed by atoms with Crippen LogP contribution in [0.15, 0.2) is 52.9 Å². The molecule has 1 saturated heterocycles. The van der Waals surface area contributed by atoms with Gasteiger partial charge in [-0.3, -0.25) is 14.4 Å². The molecule has 0 aliphatic carbocycles. The number of primary amides is 1. The van der Waals surface area contributed by atoms with Gasteiger partial charge in [-0.15, -0.1) is 0 Å². The Kier molecular flexibility index (Phi) is 10.8. The van der Waals surface area contributed by atoms with Gasteiger partial charge in [0.1, 0.15) is 6.29 Å². The lowest BCUT2D eigenvalue weighted by molar-refractivity contribution is -0.155. The molecule has 4 rings (SSSR count). The smallest absolute Gasteiger partial charge is 0.312 e. The number of urea groups is 1. The quantitative estimate of drug-likeness (QED) is 0.0766. The number of fused-ring (bicyclic) bond motifs is 2. The van der Waals surface area contributed by atoms with E-state index in [9.17, 15) is 28.2 Å². The summed E-state index contributed by atoms with van der Waals surface area (Å²) in [6.45, 7) is 5.65. The predicted molar refractivity (Wildman–Crippen MR) is 172 cm³/mol. The van der Waals surface area contributed by atoms with Crippen LogP contribution in [0.2, 0.25) is 0 Å². The predicted octanol–water partition coefficient (Wildman–Crippen LogP) is 1.28. The van der Waals surface area contributed by atoms with Gasteiger partial charge in [0, 0.05) is 37.1 Å². The van der Waals surface area contributed by atoms with Crippen LogP contribution in [0, 0.1) is 5.92 Å². The minimum atomic E-state index is -2.13. The molecule has 2 aromatic carbocycles. The molecule has 0 bridgehead atoms. The molecular formula is C31H41N7O7S. The Hall–Kier alpha value is -4.34. The molecule has 46 heavy (non-hydrogen) atoms. The maximum Gasteiger partial charge on any atom is 0.312 e. The Bertz CT molecular complexity index is 1580. The van der Waals surface area contributed by atoms with E-state index >= 15 is 0 Å². The molecule has 2 aliphatic rings. The average molecular weight is 656 g/mol. The van der Waals surface area contributed by atoms with Crippen molar-refractivity contribution in [3.8, 4) is 0 Å². The molecule has 0 radical (unpaired) electrons. The highest BCUT2D eigenvalue weighted by Gasteiger charge is 2.62. The fourth-order valence-electron chi connectivity index (χ4n) is 5.80. The van der Waals surface area contributed by atoms with Crippen molar-refractivity contribution in [2.45, 2.75) is 62.6 Å². The minimum absolute atomic E-state index is 0.00755. The van der Waals surface area contributed by atoms with E-state index in [-0.39, 0.29) is 31.8 Å². The number of hydroxylamine groups is 1. The maximum absolute atomic E-state index is 14.2. The van der Waals surface area contributed by atoms with Crippen molar-refractivity contribution in [3.63, 3.8) is 0 Å². The zero-order valence-corrected chi connectivity index (χ0v) is 27.4. The molecule has 1 fully saturated rings. The van der Waals surface area contributed by atoms with Gasteiger partial charge < -0.3 is 26.1 Å². The second-order valence-corrected chi connectivity index (χ2v) is 13.2. The van der Waals surface area contributed by atoms with Gasteiger partial charge in [0.05, 0.1) is 17.5 Å². The number of hydrogen-bond acceptors (Lipinski definition) is 9. The van der Waals surface area contributed by atoms with E-state index < -0.39 is 52.5 Å². The largest absolute Gasteiger partial charge is 0.377 e. The number of nitrogens with two attached hydrogens (primary N) is 1. The summed E-state index contributed by atoms with van der Waals surface area (Å²) < 4.78 is 19.3. The monoisotopic (exact) mass is 655 g/mol. The topological polar surface area (TPSA) is 183 Å². The number of hydrazine groups is 1. The van der Waals surface area contributed by atoms with Crippen molar-refractivity contribution >= 4 is 57.6 Å². The van der Waals surface area contributed by atoms with Crippen LogP contribution < -0.4 is 26.7 Å². The van der Waals surface area contributed by atoms with Crippen LogP contribution in [0.25, 0.3) is 10.8 Å². The summed E-state index contributed by atoms with van der Waals surface area (Å²) in [7, 11) is 3.81. The Labute approximate surface area is 270 Å². The molecule has 0 spiro atoms. The van der Waals surface area contributed by atoms with Gasteiger partial charge in [-0.1, -0.05) is 43.7 Å². The van der Waals surface area contributed by atoms with Crippen LogP contribution >= 0.6 is 0 Å². The van der Waals surface area contributed by atoms with Crippen molar-refractivity contribution in [2.75, 3.05) is 32.1 Å². The second kappa shape index (κ2) is 14.4. The molecule has 5 amide bonds. The Balaban J connectivity index is 1.59. The Morgan fingerprint density at radius 3 is 2.50 bits per heavy atom. The molecule has 248 valence electrons. The van der Waals surface area contributed by atoms with Gasteiger partial charge in [-0.05, 0) is 50.3 Å². The van der Waals surface area contributed by atoms with Crippen LogP contribution in [0.1, 0.15) is 40.0 Å². The van der Waals surface area contributed by atoms with E-state index in [0.717, 1.165) is 16.1 Å². The lowest BCUT2D eigenvalue weighted by atomic mass is 9.88. The van der Waals surface area contributed by atoms with Crippen LogP contribution in [-0.4, -0.2) is 89.1 Å². The van der Waals surface area contributed by atoms with Crippen LogP contribution in [-0.2, 0) is 34.5 Å². The lowest BCUT2D eigenvalue weighted by Gasteiger charge is -2.36. The summed E-state index contributed by atoms with van der Waals surface area (Å²) in [4.78, 5) is 66.7. The first kappa shape index (κ1) is 34.5. The molecule has 4 atom stereocenters. The van der Waals surface area contributed by atoms with Gasteiger partial charge in [0.25, 0.3) is 11.8 Å². The summed E-state index contributed by atoms with van der Waals surface area (Å²) in [5.41, 5.74) is 7.27. The highest BCUT2D eigenvalue weighted by molar-refractivity contribution is 7.80. The third-order valence-corrected chi connectivity index (χ3v) is 8.77. The van der Waals surface area contributed by atoms with Crippen molar-refractivity contribution in [1.82, 2.24) is 26.1 Å². The summed E-state index contributed by atoms with van der Waals surface area (Å²) in [5, 5.41) is 8.85. The van der Waals surface area contributed by atoms with Gasteiger partial charge in [-0.25, -0.2) is 19.0 Å². The van der Waals surface area contributed by atoms with E-state index in [1.165, 1.54) is 5.01 Å². The Morgan fingerprint density at radius 2 is 1.85 bits per heavy atom. The van der Waals surface area contributed by atoms with Gasteiger partial charge >= 0.3 is 6.03 Å². The molecule has 14 nitrogen and oxygen atoms in total. The number of carbonyl (C=O) groups is 5. The molecule has 2 aliphatic heterocycles. The fourth-order valence-corrected chi connectivity index (χ4v) is 6.66. The summed E-state index contributed by atoms with van der Waals surface area (Å²) >= 11 is -2.13. The van der Waals surface area contributed by atoms with Crippen molar-refractivity contribution in [3.05, 3.63) is 48.0 Å². The van der Waals surface area contributed by atoms with Gasteiger partial charge in [-0.2, -0.15) is 9.76 Å². The van der Waals surface area contributed by atoms with Gasteiger partial charge in [0.2, 0.25) is 22.5 Å². The van der Waals surface area contributed by atoms with E-state index in [1.807, 2.05) is 57.1 Å². The highest BCUT2D eigenvalue weighted by Crippen LogP contribution is 2.36. The standard InChI is InChI=1S/C31H41N7O7S/c1-19(2)16-31(35-45-46(44)26-13-7-10-22-23(26)11-6-12-24(22)36(4)5)28(41)37-17-20(3)15-25(38(37)29(31)42)27(40)34-21(18-39)9-8-14-33-30(32)43/h6-7,10-13,15,18-19,21,25,35H,8-9,14,16-17H2,1-5H3,(H,34,40)(H3,32,33,43). The SMILES string of the molecule is CC1=CC(C(=O)NC(C=O)CCCNC(N)=O)N2C(=O)C(CC(C)C)(NOS(=O)c3cccc4c(N(C)C)cccc34)C(=O)N2C1. The van der Waals surface area contributed by atoms with E-state index in [2.05, 4.69) is 16.1 Å². The normalized spacial score (nSPS) is 20.7. The number of benzene rings is 2. The molecule has 0 saturated carbocycles. The Morgan fingerprint density at radius 1 is 1.15 bits per heavy atom. The number of amides is 5. The minimum Gasteiger partial charge on any atom is -0.377 e. The first-order valence-corrected chi connectivity index (χ1v) is 16.0. The molecule has 2 heterocycles. The third kappa shape index (κ3) is 7.06. The summed E-state index contributed by atoms with van der Waals surface area (Å²) in [6.07, 6.45) is 2.70. The van der Waals surface area contributed by atoms with Crippen LogP contribution in [0.5, 0.6) is 0 Å². The maximum atomic E-state index is 14.2. The van der Waals surface area contributed by atoms with Crippen molar-refractivity contribution in [1.29, 1.82) is 0 Å². The average Bonchev–Trinajstić information content (AvgIpc) is 3.21. The second-order valence-electron chi connectivity index (χ2n) is 12.1. The van der Waals surface area contributed by atoms with E-state index in [0.29, 0.717) is 28.6 Å². The number of hydrogen-bond donors (Lipinski definition) is 4. The number of rotatable bonds is 14. The highest BCUT2D eigenvalue weighted by atomic mass is 32.2. The molecule has 15 heteroatoms. The molecule has 0 aromatic heterocycles. The number of nitrogens with zero attached hydrogens (tertiary/aromatic N) is 3. The van der Waals surface area contributed by atoms with E-state index in [4.69, 9.17) is 10.0 Å². The first-order chi connectivity index (χ1) is 21.8. The molecular weight excluding hydrogens is 614 g/mol. The lowest BCUT2D eigenvalue weighted by Crippen LogP contribution is -2.59. The first-order valence-electron chi connectivity index (χ1n) is 15.0. The van der Waals surface area contributed by atoms with Crippen LogP contribution in [0.4, 0.5) is 10.5 Å². The van der Waals surface area contributed by atoms with Crippen molar-refractivity contribution < 1.29 is 32.5 Å². The molecule has 2 aromatic rings. The zero-order chi connectivity index (χ0) is 33.8. The van der Waals surface area contributed by atoms with Crippen molar-refractivity contribution in [2.24, 2.45) is 11.7 Å². The van der Waals surface area contributed by atoms with Gasteiger partial charge in [0.15, 0.2) is 6.04 Å². The third-order valence-electron chi connectivity index (χ3n) is 7.82. The number of anilines is 1. The summed E-state index contributed by atoms with van der Waals surface area (Å²) in [5.74, 6) is -2.24. The molecule has 4 unspecified atom stereocenters. The number of carbonyl (C=O) groups excluding carboxylic acids is 5.